The fourth-order valence-corrected chi connectivity index (χ4v) is 3.63. The topological polar surface area (TPSA) is 58.6 Å². The molecule has 6 nitrogen and oxygen atoms in total. The molecule has 0 unspecified atom stereocenters. The van der Waals surface area contributed by atoms with Crippen molar-refractivity contribution in [2.75, 3.05) is 37.7 Å². The molecular weight excluding hydrogens is 412 g/mol. The predicted molar refractivity (Wildman–Crippen MR) is 123 cm³/mol. The first-order chi connectivity index (χ1) is 15.0. The lowest BCUT2D eigenvalue weighted by Crippen LogP contribution is -2.50. The van der Waals surface area contributed by atoms with Gasteiger partial charge >= 0.3 is 0 Å². The molecule has 1 amide bonds. The Morgan fingerprint density at radius 2 is 1.68 bits per heavy atom. The standard InChI is InChI=1S/C24H25ClN4O2/c1-17-3-4-19(15-18(17)2)22-9-10-23(27-26-22)28-11-13-29(14-12-28)24(30)16-31-21-7-5-20(25)6-8-21/h3-10,15H,11-14,16H2,1-2H3. The van der Waals surface area contributed by atoms with Crippen LogP contribution in [0.2, 0.25) is 5.02 Å². The number of aryl methyl sites for hydroxylation is 2. The van der Waals surface area contributed by atoms with Crippen molar-refractivity contribution >= 4 is 23.3 Å². The van der Waals surface area contributed by atoms with E-state index in [2.05, 4.69) is 47.1 Å². The van der Waals surface area contributed by atoms with E-state index in [0.29, 0.717) is 37.0 Å². The van der Waals surface area contributed by atoms with E-state index in [1.807, 2.05) is 17.0 Å². The molecule has 2 aromatic carbocycles. The highest BCUT2D eigenvalue weighted by Crippen LogP contribution is 2.22. The number of hydrogen-bond acceptors (Lipinski definition) is 5. The predicted octanol–water partition coefficient (Wildman–Crippen LogP) is 4.14. The third-order valence-electron chi connectivity index (χ3n) is 5.59. The van der Waals surface area contributed by atoms with Gasteiger partial charge in [0.1, 0.15) is 5.75 Å². The van der Waals surface area contributed by atoms with E-state index in [4.69, 9.17) is 16.3 Å². The van der Waals surface area contributed by atoms with Crippen molar-refractivity contribution in [2.24, 2.45) is 0 Å². The molecule has 1 aromatic heterocycles. The number of benzene rings is 2. The second kappa shape index (κ2) is 9.35. The SMILES string of the molecule is Cc1ccc(-c2ccc(N3CCN(C(=O)COc4ccc(Cl)cc4)CC3)nn2)cc1C. The van der Waals surface area contributed by atoms with Gasteiger partial charge in [0, 0.05) is 36.8 Å². The zero-order valence-electron chi connectivity index (χ0n) is 17.7. The molecule has 7 heteroatoms. The van der Waals surface area contributed by atoms with Crippen LogP contribution in [0.5, 0.6) is 5.75 Å². The van der Waals surface area contributed by atoms with Crippen LogP contribution in [0, 0.1) is 13.8 Å². The minimum Gasteiger partial charge on any atom is -0.484 e. The molecule has 3 aromatic rings. The van der Waals surface area contributed by atoms with Crippen molar-refractivity contribution in [2.45, 2.75) is 13.8 Å². The van der Waals surface area contributed by atoms with Crippen LogP contribution in [-0.4, -0.2) is 53.8 Å². The van der Waals surface area contributed by atoms with Gasteiger partial charge in [0.05, 0.1) is 5.69 Å². The largest absolute Gasteiger partial charge is 0.484 e. The Morgan fingerprint density at radius 1 is 0.935 bits per heavy atom. The van der Waals surface area contributed by atoms with Crippen molar-refractivity contribution in [3.63, 3.8) is 0 Å². The number of hydrogen-bond donors (Lipinski definition) is 0. The Balaban J connectivity index is 1.30. The number of aromatic nitrogens is 2. The average Bonchev–Trinajstić information content (AvgIpc) is 2.80. The molecule has 2 heterocycles. The van der Waals surface area contributed by atoms with Gasteiger partial charge < -0.3 is 14.5 Å². The molecule has 4 rings (SSSR count). The second-order valence-corrected chi connectivity index (χ2v) is 8.12. The van der Waals surface area contributed by atoms with Crippen molar-refractivity contribution < 1.29 is 9.53 Å². The van der Waals surface area contributed by atoms with Crippen molar-refractivity contribution in [1.82, 2.24) is 15.1 Å². The minimum absolute atomic E-state index is 0.0199. The maximum Gasteiger partial charge on any atom is 0.260 e. The highest BCUT2D eigenvalue weighted by molar-refractivity contribution is 6.30. The van der Waals surface area contributed by atoms with E-state index in [1.165, 1.54) is 11.1 Å². The van der Waals surface area contributed by atoms with Gasteiger partial charge in [-0.3, -0.25) is 4.79 Å². The summed E-state index contributed by atoms with van der Waals surface area (Å²) in [6, 6.07) is 17.3. The van der Waals surface area contributed by atoms with Crippen LogP contribution in [0.1, 0.15) is 11.1 Å². The monoisotopic (exact) mass is 436 g/mol. The third kappa shape index (κ3) is 5.14. The zero-order chi connectivity index (χ0) is 21.8. The Hall–Kier alpha value is -3.12. The van der Waals surface area contributed by atoms with E-state index >= 15 is 0 Å². The quantitative estimate of drug-likeness (QED) is 0.601. The maximum atomic E-state index is 12.5. The number of nitrogens with zero attached hydrogens (tertiary/aromatic N) is 4. The summed E-state index contributed by atoms with van der Waals surface area (Å²) < 4.78 is 5.57. The molecule has 1 aliphatic rings. The minimum atomic E-state index is -0.0224. The van der Waals surface area contributed by atoms with E-state index in [-0.39, 0.29) is 12.5 Å². The molecular formula is C24H25ClN4O2. The normalized spacial score (nSPS) is 13.9. The zero-order valence-corrected chi connectivity index (χ0v) is 18.5. The Morgan fingerprint density at radius 3 is 2.32 bits per heavy atom. The molecule has 0 spiro atoms. The summed E-state index contributed by atoms with van der Waals surface area (Å²) in [6.07, 6.45) is 0. The summed E-state index contributed by atoms with van der Waals surface area (Å²) in [5.41, 5.74) is 4.43. The summed E-state index contributed by atoms with van der Waals surface area (Å²) in [5.74, 6) is 1.44. The number of amides is 1. The van der Waals surface area contributed by atoms with Crippen LogP contribution in [-0.2, 0) is 4.79 Å². The average molecular weight is 437 g/mol. The van der Waals surface area contributed by atoms with Crippen molar-refractivity contribution in [3.05, 3.63) is 70.7 Å². The van der Waals surface area contributed by atoms with E-state index < -0.39 is 0 Å². The van der Waals surface area contributed by atoms with E-state index in [1.54, 1.807) is 24.3 Å². The number of piperazine rings is 1. The van der Waals surface area contributed by atoms with Gasteiger partial charge in [-0.05, 0) is 67.4 Å². The first-order valence-corrected chi connectivity index (χ1v) is 10.7. The Bertz CT molecular complexity index is 1050. The lowest BCUT2D eigenvalue weighted by Gasteiger charge is -2.35. The smallest absolute Gasteiger partial charge is 0.260 e. The first kappa shape index (κ1) is 21.1. The number of carbonyl (C=O) groups is 1. The van der Waals surface area contributed by atoms with Crippen LogP contribution in [0.25, 0.3) is 11.3 Å². The summed E-state index contributed by atoms with van der Waals surface area (Å²) >= 11 is 5.87. The fourth-order valence-electron chi connectivity index (χ4n) is 3.50. The molecule has 0 radical (unpaired) electrons. The molecule has 1 saturated heterocycles. The molecule has 0 aliphatic carbocycles. The number of anilines is 1. The number of ether oxygens (including phenoxy) is 1. The highest BCUT2D eigenvalue weighted by atomic mass is 35.5. The number of halogens is 1. The first-order valence-electron chi connectivity index (χ1n) is 10.3. The maximum absolute atomic E-state index is 12.5. The van der Waals surface area contributed by atoms with Crippen molar-refractivity contribution in [1.29, 1.82) is 0 Å². The fraction of sp³-hybridized carbons (Fsp3) is 0.292. The molecule has 31 heavy (non-hydrogen) atoms. The van der Waals surface area contributed by atoms with Gasteiger partial charge in [-0.25, -0.2) is 0 Å². The van der Waals surface area contributed by atoms with E-state index in [9.17, 15) is 4.79 Å². The lowest BCUT2D eigenvalue weighted by molar-refractivity contribution is -0.133. The Kier molecular flexibility index (Phi) is 6.37. The summed E-state index contributed by atoms with van der Waals surface area (Å²) in [5, 5.41) is 9.48. The van der Waals surface area contributed by atoms with Crippen LogP contribution >= 0.6 is 11.6 Å². The van der Waals surface area contributed by atoms with Crippen molar-refractivity contribution in [3.8, 4) is 17.0 Å². The molecule has 1 aliphatic heterocycles. The number of carbonyl (C=O) groups excluding carboxylic acids is 1. The summed E-state index contributed by atoms with van der Waals surface area (Å²) in [4.78, 5) is 16.4. The molecule has 0 saturated carbocycles. The molecule has 160 valence electrons. The van der Waals surface area contributed by atoms with Gasteiger partial charge in [-0.1, -0.05) is 23.7 Å². The molecule has 0 bridgehead atoms. The van der Waals surface area contributed by atoms with Crippen LogP contribution in [0.4, 0.5) is 5.82 Å². The van der Waals surface area contributed by atoms with Gasteiger partial charge in [0.25, 0.3) is 5.91 Å². The highest BCUT2D eigenvalue weighted by Gasteiger charge is 2.22. The molecule has 0 N–H and O–H groups in total. The third-order valence-corrected chi connectivity index (χ3v) is 5.84. The van der Waals surface area contributed by atoms with Crippen LogP contribution in [0.15, 0.2) is 54.6 Å². The van der Waals surface area contributed by atoms with E-state index in [0.717, 1.165) is 17.1 Å². The van der Waals surface area contributed by atoms with Gasteiger partial charge in [0.2, 0.25) is 0 Å². The summed E-state index contributed by atoms with van der Waals surface area (Å²) in [6.45, 7) is 6.90. The van der Waals surface area contributed by atoms with Gasteiger partial charge in [-0.15, -0.1) is 10.2 Å². The number of rotatable bonds is 5. The van der Waals surface area contributed by atoms with Crippen LogP contribution < -0.4 is 9.64 Å². The second-order valence-electron chi connectivity index (χ2n) is 7.69. The Labute approximate surface area is 187 Å². The molecule has 1 fully saturated rings. The van der Waals surface area contributed by atoms with Gasteiger partial charge in [-0.2, -0.15) is 0 Å². The summed E-state index contributed by atoms with van der Waals surface area (Å²) in [7, 11) is 0. The lowest BCUT2D eigenvalue weighted by atomic mass is 10.0. The molecule has 0 atom stereocenters. The van der Waals surface area contributed by atoms with Crippen LogP contribution in [0.3, 0.4) is 0 Å². The van der Waals surface area contributed by atoms with Gasteiger partial charge in [0.15, 0.2) is 12.4 Å².